The van der Waals surface area contributed by atoms with Gasteiger partial charge in [0.1, 0.15) is 0 Å². The van der Waals surface area contributed by atoms with Gasteiger partial charge in [-0.05, 0) is 19.8 Å². The largest absolute Gasteiger partial charge is 0.388 e. The molecule has 0 fully saturated rings. The van der Waals surface area contributed by atoms with Crippen molar-refractivity contribution < 1.29 is 9.84 Å². The van der Waals surface area contributed by atoms with E-state index in [1.807, 2.05) is 6.92 Å². The quantitative estimate of drug-likeness (QED) is 0.321. The van der Waals surface area contributed by atoms with E-state index in [9.17, 15) is 5.11 Å². The third-order valence-electron chi connectivity index (χ3n) is 2.91. The van der Waals surface area contributed by atoms with E-state index in [2.05, 4.69) is 29.5 Å². The molecule has 0 aromatic heterocycles. The van der Waals surface area contributed by atoms with Crippen molar-refractivity contribution >= 4 is 5.96 Å². The zero-order valence-electron chi connectivity index (χ0n) is 13.0. The highest BCUT2D eigenvalue weighted by Gasteiger charge is 2.24. The summed E-state index contributed by atoms with van der Waals surface area (Å²) in [6, 6.07) is 0. The number of aliphatic imine (C=N–C) groups is 1. The first-order chi connectivity index (χ1) is 9.11. The van der Waals surface area contributed by atoms with Crippen LogP contribution in [-0.2, 0) is 4.74 Å². The topological polar surface area (TPSA) is 65.9 Å². The third-order valence-corrected chi connectivity index (χ3v) is 2.91. The van der Waals surface area contributed by atoms with Gasteiger partial charge >= 0.3 is 0 Å². The molecule has 0 saturated heterocycles. The van der Waals surface area contributed by atoms with Crippen LogP contribution in [0.2, 0.25) is 0 Å². The molecule has 19 heavy (non-hydrogen) atoms. The van der Waals surface area contributed by atoms with Crippen molar-refractivity contribution in [3.05, 3.63) is 0 Å². The summed E-state index contributed by atoms with van der Waals surface area (Å²) in [5.41, 5.74) is -0.674. The fourth-order valence-electron chi connectivity index (χ4n) is 2.05. The standard InChI is InChI=1S/C14H31N3O2/c1-5-8-14(18,9-6-2)12-17-13(15-7-3)16-10-11-19-4/h18H,5-12H2,1-4H3,(H2,15,16,17). The van der Waals surface area contributed by atoms with Crippen molar-refractivity contribution in [2.75, 3.05) is 33.4 Å². The Morgan fingerprint density at radius 3 is 2.26 bits per heavy atom. The molecule has 0 bridgehead atoms. The predicted molar refractivity (Wildman–Crippen MR) is 80.6 cm³/mol. The highest BCUT2D eigenvalue weighted by Crippen LogP contribution is 2.19. The van der Waals surface area contributed by atoms with Gasteiger partial charge in [0.2, 0.25) is 0 Å². The molecule has 0 aliphatic rings. The number of aliphatic hydroxyl groups is 1. The van der Waals surface area contributed by atoms with Crippen LogP contribution in [0.4, 0.5) is 0 Å². The van der Waals surface area contributed by atoms with E-state index in [1.54, 1.807) is 7.11 Å². The molecule has 114 valence electrons. The summed E-state index contributed by atoms with van der Waals surface area (Å²) in [5.74, 6) is 0.741. The van der Waals surface area contributed by atoms with Gasteiger partial charge in [0, 0.05) is 20.2 Å². The van der Waals surface area contributed by atoms with Crippen LogP contribution in [0, 0.1) is 0 Å². The molecule has 0 heterocycles. The molecule has 0 aliphatic carbocycles. The summed E-state index contributed by atoms with van der Waals surface area (Å²) in [7, 11) is 1.67. The number of guanidine groups is 1. The molecule has 0 rings (SSSR count). The highest BCUT2D eigenvalue weighted by atomic mass is 16.5. The lowest BCUT2D eigenvalue weighted by Crippen LogP contribution is -2.41. The van der Waals surface area contributed by atoms with Crippen LogP contribution in [0.15, 0.2) is 4.99 Å². The minimum absolute atomic E-state index is 0.441. The van der Waals surface area contributed by atoms with Crippen molar-refractivity contribution in [1.29, 1.82) is 0 Å². The summed E-state index contributed by atoms with van der Waals surface area (Å²) in [5, 5.41) is 16.9. The normalized spacial score (nSPS) is 12.6. The Labute approximate surface area is 117 Å². The first-order valence-corrected chi connectivity index (χ1v) is 7.35. The second kappa shape index (κ2) is 11.1. The lowest BCUT2D eigenvalue weighted by molar-refractivity contribution is 0.0306. The summed E-state index contributed by atoms with van der Waals surface area (Å²) in [6.07, 6.45) is 3.53. The number of rotatable bonds is 10. The molecule has 0 unspecified atom stereocenters. The average Bonchev–Trinajstić information content (AvgIpc) is 2.37. The Balaban J connectivity index is 4.44. The Morgan fingerprint density at radius 2 is 1.79 bits per heavy atom. The van der Waals surface area contributed by atoms with Crippen molar-refractivity contribution in [1.82, 2.24) is 10.6 Å². The summed E-state index contributed by atoms with van der Waals surface area (Å²) >= 11 is 0. The molecule has 0 atom stereocenters. The molecular formula is C14H31N3O2. The van der Waals surface area contributed by atoms with E-state index in [0.29, 0.717) is 19.7 Å². The zero-order chi connectivity index (χ0) is 14.6. The number of hydrogen-bond donors (Lipinski definition) is 3. The summed E-state index contributed by atoms with van der Waals surface area (Å²) in [4.78, 5) is 4.48. The molecule has 0 saturated carbocycles. The zero-order valence-corrected chi connectivity index (χ0v) is 13.0. The van der Waals surface area contributed by atoms with Gasteiger partial charge in [-0.2, -0.15) is 0 Å². The van der Waals surface area contributed by atoms with E-state index in [1.165, 1.54) is 0 Å². The Morgan fingerprint density at radius 1 is 1.16 bits per heavy atom. The van der Waals surface area contributed by atoms with Gasteiger partial charge in [-0.3, -0.25) is 4.99 Å². The van der Waals surface area contributed by atoms with Crippen molar-refractivity contribution in [2.24, 2.45) is 4.99 Å². The molecule has 0 radical (unpaired) electrons. The lowest BCUT2D eigenvalue weighted by Gasteiger charge is -2.26. The van der Waals surface area contributed by atoms with Gasteiger partial charge in [0.15, 0.2) is 5.96 Å². The van der Waals surface area contributed by atoms with Crippen LogP contribution in [0.25, 0.3) is 0 Å². The fourth-order valence-corrected chi connectivity index (χ4v) is 2.05. The molecule has 0 aromatic carbocycles. The van der Waals surface area contributed by atoms with Gasteiger partial charge in [-0.15, -0.1) is 0 Å². The number of ether oxygens (including phenoxy) is 1. The molecule has 0 spiro atoms. The summed E-state index contributed by atoms with van der Waals surface area (Å²) < 4.78 is 5.00. The van der Waals surface area contributed by atoms with Crippen molar-refractivity contribution in [3.63, 3.8) is 0 Å². The van der Waals surface area contributed by atoms with Gasteiger partial charge in [0.05, 0.1) is 18.8 Å². The van der Waals surface area contributed by atoms with E-state index < -0.39 is 5.60 Å². The first-order valence-electron chi connectivity index (χ1n) is 7.35. The van der Waals surface area contributed by atoms with E-state index in [4.69, 9.17) is 4.74 Å². The van der Waals surface area contributed by atoms with Crippen LogP contribution in [-0.4, -0.2) is 50.0 Å². The number of methoxy groups -OCH3 is 1. The van der Waals surface area contributed by atoms with Gasteiger partial charge < -0.3 is 20.5 Å². The van der Waals surface area contributed by atoms with Gasteiger partial charge in [-0.1, -0.05) is 26.7 Å². The van der Waals surface area contributed by atoms with Crippen LogP contribution < -0.4 is 10.6 Å². The fraction of sp³-hybridized carbons (Fsp3) is 0.929. The van der Waals surface area contributed by atoms with Crippen LogP contribution in [0.5, 0.6) is 0 Å². The monoisotopic (exact) mass is 273 g/mol. The van der Waals surface area contributed by atoms with Gasteiger partial charge in [0.25, 0.3) is 0 Å². The van der Waals surface area contributed by atoms with Gasteiger partial charge in [-0.25, -0.2) is 0 Å². The van der Waals surface area contributed by atoms with E-state index >= 15 is 0 Å². The van der Waals surface area contributed by atoms with E-state index in [-0.39, 0.29) is 0 Å². The van der Waals surface area contributed by atoms with Crippen LogP contribution in [0.1, 0.15) is 46.5 Å². The smallest absolute Gasteiger partial charge is 0.191 e. The number of hydrogen-bond acceptors (Lipinski definition) is 3. The molecule has 5 heteroatoms. The molecule has 0 aromatic rings. The molecule has 0 aliphatic heterocycles. The molecule has 0 amide bonds. The van der Waals surface area contributed by atoms with E-state index in [0.717, 1.165) is 38.2 Å². The second-order valence-electron chi connectivity index (χ2n) is 4.84. The molecular weight excluding hydrogens is 242 g/mol. The van der Waals surface area contributed by atoms with Crippen LogP contribution >= 0.6 is 0 Å². The van der Waals surface area contributed by atoms with Crippen LogP contribution in [0.3, 0.4) is 0 Å². The number of nitrogens with zero attached hydrogens (tertiary/aromatic N) is 1. The van der Waals surface area contributed by atoms with Crippen molar-refractivity contribution in [3.8, 4) is 0 Å². The molecule has 3 N–H and O–H groups in total. The maximum Gasteiger partial charge on any atom is 0.191 e. The third kappa shape index (κ3) is 8.83. The maximum absolute atomic E-state index is 10.5. The Kier molecular flexibility index (Phi) is 10.6. The lowest BCUT2D eigenvalue weighted by atomic mass is 9.93. The predicted octanol–water partition coefficient (Wildman–Crippen LogP) is 1.52. The second-order valence-corrected chi connectivity index (χ2v) is 4.84. The first kappa shape index (κ1) is 18.2. The maximum atomic E-state index is 10.5. The SMILES string of the molecule is CCCC(O)(CCC)CN=C(NCC)NCCOC. The minimum Gasteiger partial charge on any atom is -0.388 e. The number of nitrogens with one attached hydrogen (secondary N) is 2. The van der Waals surface area contributed by atoms with Crippen molar-refractivity contribution in [2.45, 2.75) is 52.1 Å². The average molecular weight is 273 g/mol. The molecule has 5 nitrogen and oxygen atoms in total. The highest BCUT2D eigenvalue weighted by molar-refractivity contribution is 5.79. The summed E-state index contributed by atoms with van der Waals surface area (Å²) in [6.45, 7) is 8.80. The minimum atomic E-state index is -0.674. The Bertz CT molecular complexity index is 239. The Hall–Kier alpha value is -0.810.